The van der Waals surface area contributed by atoms with Crippen LogP contribution in [0, 0.1) is 11.8 Å². The average Bonchev–Trinajstić information content (AvgIpc) is 3.46. The lowest BCUT2D eigenvalue weighted by molar-refractivity contribution is -0.124. The molecular formula is C25H33N3O3. The van der Waals surface area contributed by atoms with Crippen molar-refractivity contribution in [3.8, 4) is 5.69 Å². The molecule has 6 heteroatoms. The third kappa shape index (κ3) is 4.68. The normalized spacial score (nSPS) is 21.7. The van der Waals surface area contributed by atoms with Gasteiger partial charge >= 0.3 is 5.97 Å². The first kappa shape index (κ1) is 21.6. The van der Waals surface area contributed by atoms with Crippen LogP contribution in [0.5, 0.6) is 0 Å². The van der Waals surface area contributed by atoms with Gasteiger partial charge < -0.3 is 4.74 Å². The highest BCUT2D eigenvalue weighted by molar-refractivity contribution is 6.02. The van der Waals surface area contributed by atoms with Crippen molar-refractivity contribution in [3.05, 3.63) is 42.1 Å². The summed E-state index contributed by atoms with van der Waals surface area (Å²) in [5, 5.41) is 4.78. The molecule has 0 radical (unpaired) electrons. The van der Waals surface area contributed by atoms with Gasteiger partial charge in [0, 0.05) is 18.2 Å². The van der Waals surface area contributed by atoms with Gasteiger partial charge in [-0.3, -0.25) is 9.69 Å². The van der Waals surface area contributed by atoms with E-state index in [0.29, 0.717) is 17.3 Å². The Balaban J connectivity index is 1.74. The highest BCUT2D eigenvalue weighted by Gasteiger charge is 2.38. The number of amides is 1. The Kier molecular flexibility index (Phi) is 6.73. The first-order chi connectivity index (χ1) is 15.1. The van der Waals surface area contributed by atoms with Crippen LogP contribution in [0.15, 0.2) is 36.5 Å². The molecule has 31 heavy (non-hydrogen) atoms. The number of para-hydroxylation sites is 1. The standard InChI is InChI=1S/C25H33N3O3/c1-3-31-25(30)22-17-27(20-9-5-4-6-10-20)26-23(22)28(21-11-7-8-12-21)24(29)19-15-13-18(2)14-16-19/h4-6,9-10,17-19,21H,3,7-8,11-16H2,1-2H3/t18-,19-. The SMILES string of the molecule is CCOC(=O)c1cn(-c2ccccc2)nc1N(C(=O)[C@H]1CC[C@H](C)CC1)C1CCCC1. The number of hydrogen-bond acceptors (Lipinski definition) is 4. The van der Waals surface area contributed by atoms with Crippen LogP contribution in [0.1, 0.15) is 75.6 Å². The van der Waals surface area contributed by atoms with Gasteiger partial charge in [-0.1, -0.05) is 38.0 Å². The largest absolute Gasteiger partial charge is 0.462 e. The monoisotopic (exact) mass is 423 g/mol. The van der Waals surface area contributed by atoms with E-state index in [1.165, 1.54) is 0 Å². The predicted molar refractivity (Wildman–Crippen MR) is 120 cm³/mol. The molecule has 0 aliphatic heterocycles. The van der Waals surface area contributed by atoms with E-state index < -0.39 is 5.97 Å². The van der Waals surface area contributed by atoms with Gasteiger partial charge in [-0.05, 0) is 63.5 Å². The van der Waals surface area contributed by atoms with Gasteiger partial charge in [-0.2, -0.15) is 0 Å². The molecule has 0 unspecified atom stereocenters. The maximum absolute atomic E-state index is 13.8. The van der Waals surface area contributed by atoms with Gasteiger partial charge in [-0.25, -0.2) is 9.48 Å². The second-order valence-corrected chi connectivity index (χ2v) is 8.97. The fourth-order valence-electron chi connectivity index (χ4n) is 4.93. The number of aromatic nitrogens is 2. The van der Waals surface area contributed by atoms with E-state index in [1.54, 1.807) is 17.8 Å². The highest BCUT2D eigenvalue weighted by Crippen LogP contribution is 2.36. The summed E-state index contributed by atoms with van der Waals surface area (Å²) in [6.07, 6.45) is 9.81. The zero-order valence-corrected chi connectivity index (χ0v) is 18.6. The molecule has 2 aliphatic rings. The molecule has 4 rings (SSSR count). The maximum Gasteiger partial charge on any atom is 0.343 e. The number of benzene rings is 1. The lowest BCUT2D eigenvalue weighted by atomic mass is 9.82. The number of hydrogen-bond donors (Lipinski definition) is 0. The van der Waals surface area contributed by atoms with Crippen LogP contribution < -0.4 is 4.90 Å². The molecule has 6 nitrogen and oxygen atoms in total. The van der Waals surface area contributed by atoms with Gasteiger partial charge in [0.2, 0.25) is 5.91 Å². The summed E-state index contributed by atoms with van der Waals surface area (Å²) in [6, 6.07) is 9.79. The van der Waals surface area contributed by atoms with Gasteiger partial charge in [0.05, 0.1) is 12.3 Å². The fourth-order valence-corrected chi connectivity index (χ4v) is 4.93. The Morgan fingerprint density at radius 2 is 1.74 bits per heavy atom. The van der Waals surface area contributed by atoms with E-state index in [4.69, 9.17) is 9.84 Å². The summed E-state index contributed by atoms with van der Waals surface area (Å²) in [7, 11) is 0. The number of ether oxygens (including phenoxy) is 1. The molecule has 0 atom stereocenters. The molecule has 1 amide bonds. The highest BCUT2D eigenvalue weighted by atomic mass is 16.5. The second-order valence-electron chi connectivity index (χ2n) is 8.97. The van der Waals surface area contributed by atoms with Crippen LogP contribution in [0.25, 0.3) is 5.69 Å². The molecule has 0 N–H and O–H groups in total. The van der Waals surface area contributed by atoms with Crippen molar-refractivity contribution in [3.63, 3.8) is 0 Å². The zero-order valence-electron chi connectivity index (χ0n) is 18.6. The quantitative estimate of drug-likeness (QED) is 0.603. The minimum atomic E-state index is -0.423. The summed E-state index contributed by atoms with van der Waals surface area (Å²) in [6.45, 7) is 4.34. The van der Waals surface area contributed by atoms with E-state index in [0.717, 1.165) is 57.1 Å². The number of esters is 1. The minimum Gasteiger partial charge on any atom is -0.462 e. The van der Waals surface area contributed by atoms with E-state index in [2.05, 4.69) is 6.92 Å². The Bertz CT molecular complexity index is 894. The Labute approximate surface area is 184 Å². The first-order valence-electron chi connectivity index (χ1n) is 11.7. The van der Waals surface area contributed by atoms with Crippen molar-refractivity contribution in [2.75, 3.05) is 11.5 Å². The molecule has 0 bridgehead atoms. The second kappa shape index (κ2) is 9.67. The summed E-state index contributed by atoms with van der Waals surface area (Å²) in [5.41, 5.74) is 1.22. The number of carbonyl (C=O) groups is 2. The van der Waals surface area contributed by atoms with Gasteiger partial charge in [0.15, 0.2) is 5.82 Å². The van der Waals surface area contributed by atoms with Crippen molar-refractivity contribution >= 4 is 17.7 Å². The van der Waals surface area contributed by atoms with Crippen LogP contribution >= 0.6 is 0 Å². The molecule has 2 fully saturated rings. The van der Waals surface area contributed by atoms with E-state index in [9.17, 15) is 9.59 Å². The number of carbonyl (C=O) groups excluding carboxylic acids is 2. The molecular weight excluding hydrogens is 390 g/mol. The van der Waals surface area contributed by atoms with Crippen molar-refractivity contribution < 1.29 is 14.3 Å². The molecule has 0 spiro atoms. The van der Waals surface area contributed by atoms with Crippen LogP contribution in [0.3, 0.4) is 0 Å². The lowest BCUT2D eigenvalue weighted by Crippen LogP contribution is -2.44. The molecule has 2 aliphatic carbocycles. The van der Waals surface area contributed by atoms with Crippen LogP contribution in [0.4, 0.5) is 5.82 Å². The number of rotatable bonds is 6. The van der Waals surface area contributed by atoms with Crippen molar-refractivity contribution in [2.45, 2.75) is 71.3 Å². The Hall–Kier alpha value is -2.63. The molecule has 2 aromatic rings. The summed E-state index contributed by atoms with van der Waals surface area (Å²) >= 11 is 0. The molecule has 1 heterocycles. The molecule has 1 aromatic carbocycles. The van der Waals surface area contributed by atoms with Crippen LogP contribution in [-0.4, -0.2) is 34.3 Å². The molecule has 0 saturated heterocycles. The third-order valence-corrected chi connectivity index (χ3v) is 6.73. The topological polar surface area (TPSA) is 64.4 Å². The molecule has 166 valence electrons. The van der Waals surface area contributed by atoms with Crippen molar-refractivity contribution in [1.29, 1.82) is 0 Å². The third-order valence-electron chi connectivity index (χ3n) is 6.73. The van der Waals surface area contributed by atoms with E-state index in [1.807, 2.05) is 35.2 Å². The van der Waals surface area contributed by atoms with Gasteiger partial charge in [0.1, 0.15) is 5.56 Å². The maximum atomic E-state index is 13.8. The molecule has 1 aromatic heterocycles. The fraction of sp³-hybridized carbons (Fsp3) is 0.560. The van der Waals surface area contributed by atoms with Crippen LogP contribution in [0.2, 0.25) is 0 Å². The lowest BCUT2D eigenvalue weighted by Gasteiger charge is -2.34. The Morgan fingerprint density at radius 3 is 2.39 bits per heavy atom. The smallest absolute Gasteiger partial charge is 0.343 e. The van der Waals surface area contributed by atoms with Crippen LogP contribution in [-0.2, 0) is 9.53 Å². The number of anilines is 1. The summed E-state index contributed by atoms with van der Waals surface area (Å²) in [5.74, 6) is 0.846. The van der Waals surface area contributed by atoms with E-state index in [-0.39, 0.29) is 24.5 Å². The molecule has 2 saturated carbocycles. The zero-order chi connectivity index (χ0) is 21.8. The Morgan fingerprint density at radius 1 is 1.06 bits per heavy atom. The summed E-state index contributed by atoms with van der Waals surface area (Å²) in [4.78, 5) is 28.5. The van der Waals surface area contributed by atoms with Gasteiger partial charge in [-0.15, -0.1) is 5.10 Å². The van der Waals surface area contributed by atoms with E-state index >= 15 is 0 Å². The average molecular weight is 424 g/mol. The van der Waals surface area contributed by atoms with Gasteiger partial charge in [0.25, 0.3) is 0 Å². The first-order valence-corrected chi connectivity index (χ1v) is 11.7. The van der Waals surface area contributed by atoms with Crippen molar-refractivity contribution in [1.82, 2.24) is 9.78 Å². The predicted octanol–water partition coefficient (Wildman–Crippen LogP) is 5.15. The van der Waals surface area contributed by atoms with Crippen molar-refractivity contribution in [2.24, 2.45) is 11.8 Å². The summed E-state index contributed by atoms with van der Waals surface area (Å²) < 4.78 is 7.03. The minimum absolute atomic E-state index is 0.00807. The number of nitrogens with zero attached hydrogens (tertiary/aromatic N) is 3.